The largest absolute Gasteiger partial charge is 0.468 e. The van der Waals surface area contributed by atoms with Crippen LogP contribution in [0, 0.1) is 5.82 Å². The average Bonchev–Trinajstić information content (AvgIpc) is 3.17. The van der Waals surface area contributed by atoms with Crippen molar-refractivity contribution in [1.29, 1.82) is 0 Å². The van der Waals surface area contributed by atoms with Gasteiger partial charge >= 0.3 is 0 Å². The number of likely N-dealkylation sites (tertiary alicyclic amines) is 1. The van der Waals surface area contributed by atoms with E-state index in [0.29, 0.717) is 6.54 Å². The van der Waals surface area contributed by atoms with Crippen LogP contribution in [0.25, 0.3) is 6.08 Å². The van der Waals surface area contributed by atoms with Gasteiger partial charge in [0.1, 0.15) is 11.6 Å². The Morgan fingerprint density at radius 2 is 1.96 bits per heavy atom. The van der Waals surface area contributed by atoms with Crippen molar-refractivity contribution in [2.75, 3.05) is 19.6 Å². The normalized spacial score (nSPS) is 16.8. The lowest BCUT2D eigenvalue weighted by Gasteiger charge is -2.33. The first-order chi connectivity index (χ1) is 12.2. The topological polar surface area (TPSA) is 45.5 Å². The van der Waals surface area contributed by atoms with Gasteiger partial charge in [-0.05, 0) is 61.8 Å². The zero-order chi connectivity index (χ0) is 17.5. The second-order valence-corrected chi connectivity index (χ2v) is 6.26. The Kier molecular flexibility index (Phi) is 6.01. The molecule has 3 rings (SSSR count). The molecule has 2 heterocycles. The molecule has 0 spiro atoms. The van der Waals surface area contributed by atoms with E-state index in [2.05, 4.69) is 10.2 Å². The van der Waals surface area contributed by atoms with Gasteiger partial charge in [-0.25, -0.2) is 4.39 Å². The molecule has 1 atom stereocenters. The number of benzene rings is 1. The molecule has 0 saturated carbocycles. The molecule has 1 aliphatic heterocycles. The number of piperidine rings is 1. The van der Waals surface area contributed by atoms with Crippen molar-refractivity contribution in [3.63, 3.8) is 0 Å². The van der Waals surface area contributed by atoms with E-state index >= 15 is 0 Å². The Bertz CT molecular complexity index is 689. The zero-order valence-corrected chi connectivity index (χ0v) is 14.2. The molecule has 0 bridgehead atoms. The van der Waals surface area contributed by atoms with Gasteiger partial charge in [-0.15, -0.1) is 0 Å². The first-order valence-corrected chi connectivity index (χ1v) is 8.71. The molecule has 1 saturated heterocycles. The maximum atomic E-state index is 12.9. The molecule has 1 aromatic heterocycles. The van der Waals surface area contributed by atoms with Gasteiger partial charge in [0.15, 0.2) is 0 Å². The number of halogens is 1. The molecule has 2 aromatic rings. The van der Waals surface area contributed by atoms with Gasteiger partial charge in [-0.1, -0.05) is 18.6 Å². The predicted octanol–water partition coefficient (Wildman–Crippen LogP) is 3.78. The van der Waals surface area contributed by atoms with Gasteiger partial charge in [0.2, 0.25) is 5.91 Å². The number of nitrogens with one attached hydrogen (secondary N) is 1. The quantitative estimate of drug-likeness (QED) is 0.813. The summed E-state index contributed by atoms with van der Waals surface area (Å²) in [6, 6.07) is 9.92. The van der Waals surface area contributed by atoms with Crippen molar-refractivity contribution in [1.82, 2.24) is 10.2 Å². The van der Waals surface area contributed by atoms with Crippen LogP contribution < -0.4 is 5.32 Å². The third kappa shape index (κ3) is 5.03. The van der Waals surface area contributed by atoms with Crippen LogP contribution in [0.3, 0.4) is 0 Å². The smallest absolute Gasteiger partial charge is 0.244 e. The van der Waals surface area contributed by atoms with Gasteiger partial charge < -0.3 is 9.73 Å². The maximum Gasteiger partial charge on any atom is 0.244 e. The molecule has 0 radical (unpaired) electrons. The molecule has 1 unspecified atom stereocenters. The number of amides is 1. The van der Waals surface area contributed by atoms with E-state index in [1.165, 1.54) is 37.5 Å². The van der Waals surface area contributed by atoms with Crippen LogP contribution >= 0.6 is 0 Å². The van der Waals surface area contributed by atoms with Crippen LogP contribution in [-0.4, -0.2) is 30.4 Å². The molecule has 1 fully saturated rings. The monoisotopic (exact) mass is 342 g/mol. The van der Waals surface area contributed by atoms with E-state index in [1.807, 2.05) is 12.1 Å². The molecular formula is C20H23FN2O2. The van der Waals surface area contributed by atoms with E-state index in [-0.39, 0.29) is 17.8 Å². The fraction of sp³-hybridized carbons (Fsp3) is 0.350. The van der Waals surface area contributed by atoms with Crippen molar-refractivity contribution in [2.45, 2.75) is 25.3 Å². The summed E-state index contributed by atoms with van der Waals surface area (Å²) >= 11 is 0. The number of hydrogen-bond donors (Lipinski definition) is 1. The van der Waals surface area contributed by atoms with Gasteiger partial charge in [-0.3, -0.25) is 9.69 Å². The lowest BCUT2D eigenvalue weighted by Crippen LogP contribution is -2.40. The van der Waals surface area contributed by atoms with Crippen molar-refractivity contribution < 1.29 is 13.6 Å². The Hall–Kier alpha value is -2.40. The summed E-state index contributed by atoms with van der Waals surface area (Å²) in [4.78, 5) is 14.5. The summed E-state index contributed by atoms with van der Waals surface area (Å²) < 4.78 is 18.5. The standard InChI is InChI=1S/C20H23FN2O2/c21-17-9-6-16(7-10-17)8-11-20(24)22-15-18(19-5-4-14-25-19)23-12-2-1-3-13-23/h4-11,14,18H,1-3,12-13,15H2,(H,22,24). The van der Waals surface area contributed by atoms with E-state index in [1.54, 1.807) is 24.5 Å². The van der Waals surface area contributed by atoms with E-state index in [9.17, 15) is 9.18 Å². The highest BCUT2D eigenvalue weighted by Crippen LogP contribution is 2.24. The summed E-state index contributed by atoms with van der Waals surface area (Å²) in [7, 11) is 0. The van der Waals surface area contributed by atoms with Crippen LogP contribution in [0.15, 0.2) is 53.2 Å². The number of hydrogen-bond acceptors (Lipinski definition) is 3. The van der Waals surface area contributed by atoms with Crippen LogP contribution in [0.4, 0.5) is 4.39 Å². The second-order valence-electron chi connectivity index (χ2n) is 6.26. The molecule has 132 valence electrons. The Balaban J connectivity index is 1.58. The first-order valence-electron chi connectivity index (χ1n) is 8.71. The van der Waals surface area contributed by atoms with E-state index < -0.39 is 0 Å². The van der Waals surface area contributed by atoms with E-state index in [0.717, 1.165) is 24.4 Å². The number of nitrogens with zero attached hydrogens (tertiary/aromatic N) is 1. The predicted molar refractivity (Wildman–Crippen MR) is 95.3 cm³/mol. The maximum absolute atomic E-state index is 12.9. The lowest BCUT2D eigenvalue weighted by atomic mass is 10.1. The molecule has 1 amide bonds. The molecule has 5 heteroatoms. The fourth-order valence-corrected chi connectivity index (χ4v) is 3.12. The third-order valence-corrected chi connectivity index (χ3v) is 4.47. The minimum Gasteiger partial charge on any atom is -0.468 e. The number of carbonyl (C=O) groups is 1. The lowest BCUT2D eigenvalue weighted by molar-refractivity contribution is -0.116. The highest BCUT2D eigenvalue weighted by molar-refractivity contribution is 5.91. The molecule has 4 nitrogen and oxygen atoms in total. The third-order valence-electron chi connectivity index (χ3n) is 4.47. The Labute approximate surface area is 147 Å². The van der Waals surface area contributed by atoms with Crippen LogP contribution in [-0.2, 0) is 4.79 Å². The number of furan rings is 1. The van der Waals surface area contributed by atoms with Gasteiger partial charge in [0, 0.05) is 12.6 Å². The minimum absolute atomic E-state index is 0.0541. The van der Waals surface area contributed by atoms with Crippen molar-refractivity contribution >= 4 is 12.0 Å². The van der Waals surface area contributed by atoms with Crippen molar-refractivity contribution in [3.8, 4) is 0 Å². The molecule has 1 aromatic carbocycles. The summed E-state index contributed by atoms with van der Waals surface area (Å²) in [5.41, 5.74) is 0.787. The van der Waals surface area contributed by atoms with Gasteiger partial charge in [-0.2, -0.15) is 0 Å². The highest BCUT2D eigenvalue weighted by Gasteiger charge is 2.24. The summed E-state index contributed by atoms with van der Waals surface area (Å²) in [5, 5.41) is 2.95. The summed E-state index contributed by atoms with van der Waals surface area (Å²) in [5.74, 6) is 0.423. The molecule has 1 N–H and O–H groups in total. The molecule has 25 heavy (non-hydrogen) atoms. The number of carbonyl (C=O) groups excluding carboxylic acids is 1. The summed E-state index contributed by atoms with van der Waals surface area (Å²) in [6.45, 7) is 2.54. The Morgan fingerprint density at radius 1 is 1.20 bits per heavy atom. The van der Waals surface area contributed by atoms with Crippen LogP contribution in [0.2, 0.25) is 0 Å². The fourth-order valence-electron chi connectivity index (χ4n) is 3.12. The number of rotatable bonds is 6. The first kappa shape index (κ1) is 17.4. The van der Waals surface area contributed by atoms with E-state index in [4.69, 9.17) is 4.42 Å². The summed E-state index contributed by atoms with van der Waals surface area (Å²) in [6.07, 6.45) is 8.43. The second kappa shape index (κ2) is 8.62. The molecule has 0 aliphatic carbocycles. The minimum atomic E-state index is -0.288. The van der Waals surface area contributed by atoms with Crippen LogP contribution in [0.1, 0.15) is 36.6 Å². The van der Waals surface area contributed by atoms with Gasteiger partial charge in [0.05, 0.1) is 12.3 Å². The van der Waals surface area contributed by atoms with Crippen molar-refractivity contribution in [2.24, 2.45) is 0 Å². The molecular weight excluding hydrogens is 319 g/mol. The van der Waals surface area contributed by atoms with Crippen LogP contribution in [0.5, 0.6) is 0 Å². The average molecular weight is 342 g/mol. The van der Waals surface area contributed by atoms with Gasteiger partial charge in [0.25, 0.3) is 0 Å². The SMILES string of the molecule is O=C(C=Cc1ccc(F)cc1)NCC(c1ccco1)N1CCCCC1. The highest BCUT2D eigenvalue weighted by atomic mass is 19.1. The Morgan fingerprint density at radius 3 is 2.64 bits per heavy atom. The molecule has 1 aliphatic rings. The van der Waals surface area contributed by atoms with Crippen molar-refractivity contribution in [3.05, 3.63) is 65.9 Å². The zero-order valence-electron chi connectivity index (χ0n) is 14.2.